The summed E-state index contributed by atoms with van der Waals surface area (Å²) in [5, 5.41) is 3.56. The van der Waals surface area contributed by atoms with Gasteiger partial charge < -0.3 is 14.8 Å². The van der Waals surface area contributed by atoms with Crippen LogP contribution in [0.3, 0.4) is 0 Å². The molecular formula is C18H22N2O3S. The van der Waals surface area contributed by atoms with Gasteiger partial charge in [0, 0.05) is 23.5 Å². The van der Waals surface area contributed by atoms with Crippen LogP contribution in [0.1, 0.15) is 30.6 Å². The highest BCUT2D eigenvalue weighted by atomic mass is 32.1. The number of carbonyl (C=O) groups excluding carboxylic acids is 1. The quantitative estimate of drug-likeness (QED) is 0.858. The van der Waals surface area contributed by atoms with Gasteiger partial charge in [0.1, 0.15) is 5.75 Å². The van der Waals surface area contributed by atoms with Crippen molar-refractivity contribution in [2.75, 3.05) is 19.0 Å². The smallest absolute Gasteiger partial charge is 0.226 e. The Morgan fingerprint density at radius 2 is 2.21 bits per heavy atom. The second-order valence-corrected chi connectivity index (χ2v) is 7.08. The summed E-state index contributed by atoms with van der Waals surface area (Å²) in [5.41, 5.74) is 1.92. The van der Waals surface area contributed by atoms with Gasteiger partial charge in [0.2, 0.25) is 5.91 Å². The van der Waals surface area contributed by atoms with E-state index in [1.807, 2.05) is 31.2 Å². The van der Waals surface area contributed by atoms with E-state index < -0.39 is 0 Å². The van der Waals surface area contributed by atoms with E-state index >= 15 is 0 Å². The number of hydrogen-bond donors (Lipinski definition) is 1. The largest absolute Gasteiger partial charge is 0.497 e. The molecule has 0 bridgehead atoms. The lowest BCUT2D eigenvalue weighted by Crippen LogP contribution is -2.15. The number of amides is 1. The van der Waals surface area contributed by atoms with Crippen LogP contribution in [-0.4, -0.2) is 30.7 Å². The van der Waals surface area contributed by atoms with Gasteiger partial charge in [-0.2, -0.15) is 0 Å². The summed E-state index contributed by atoms with van der Waals surface area (Å²) in [4.78, 5) is 17.7. The highest BCUT2D eigenvalue weighted by Gasteiger charge is 2.17. The highest BCUT2D eigenvalue weighted by Crippen LogP contribution is 2.31. The molecule has 1 amide bonds. The molecule has 1 aliphatic rings. The molecule has 24 heavy (non-hydrogen) atoms. The molecule has 1 fully saturated rings. The summed E-state index contributed by atoms with van der Waals surface area (Å²) in [6, 6.07) is 7.77. The minimum Gasteiger partial charge on any atom is -0.497 e. The molecule has 0 radical (unpaired) electrons. The molecule has 1 atom stereocenters. The van der Waals surface area contributed by atoms with E-state index in [2.05, 4.69) is 10.3 Å². The van der Waals surface area contributed by atoms with Gasteiger partial charge in [-0.05, 0) is 50.5 Å². The number of thiazole rings is 1. The van der Waals surface area contributed by atoms with E-state index in [9.17, 15) is 4.79 Å². The van der Waals surface area contributed by atoms with Crippen LogP contribution in [0.25, 0.3) is 11.3 Å². The fraction of sp³-hybridized carbons (Fsp3) is 0.444. The van der Waals surface area contributed by atoms with Crippen LogP contribution in [0.2, 0.25) is 0 Å². The number of aromatic nitrogens is 1. The molecule has 2 aromatic rings. The molecule has 0 saturated carbocycles. The average Bonchev–Trinajstić information content (AvgIpc) is 3.23. The van der Waals surface area contributed by atoms with Gasteiger partial charge in [-0.15, -0.1) is 11.3 Å². The number of carbonyl (C=O) groups is 1. The van der Waals surface area contributed by atoms with Gasteiger partial charge in [-0.3, -0.25) is 4.79 Å². The number of hydrogen-bond acceptors (Lipinski definition) is 5. The van der Waals surface area contributed by atoms with Crippen molar-refractivity contribution >= 4 is 22.4 Å². The summed E-state index contributed by atoms with van der Waals surface area (Å²) in [6.07, 6.45) is 3.65. The zero-order valence-electron chi connectivity index (χ0n) is 14.0. The zero-order chi connectivity index (χ0) is 16.9. The van der Waals surface area contributed by atoms with Gasteiger partial charge in [-0.25, -0.2) is 4.98 Å². The lowest BCUT2D eigenvalue weighted by Gasteiger charge is -2.08. The molecule has 128 valence electrons. The Hall–Kier alpha value is -1.92. The van der Waals surface area contributed by atoms with Crippen molar-refractivity contribution in [1.29, 1.82) is 0 Å². The Labute approximate surface area is 146 Å². The van der Waals surface area contributed by atoms with Gasteiger partial charge in [0.15, 0.2) is 5.13 Å². The first-order valence-corrected chi connectivity index (χ1v) is 9.00. The maximum absolute atomic E-state index is 12.1. The molecular weight excluding hydrogens is 324 g/mol. The summed E-state index contributed by atoms with van der Waals surface area (Å²) < 4.78 is 10.7. The molecule has 3 rings (SSSR count). The van der Waals surface area contributed by atoms with Gasteiger partial charge in [0.25, 0.3) is 0 Å². The Kier molecular flexibility index (Phi) is 5.48. The average molecular weight is 346 g/mol. The third-order valence-electron chi connectivity index (χ3n) is 4.12. The second-order valence-electron chi connectivity index (χ2n) is 5.87. The van der Waals surface area contributed by atoms with Crippen LogP contribution in [0.4, 0.5) is 5.13 Å². The molecule has 1 aromatic carbocycles. The zero-order valence-corrected chi connectivity index (χ0v) is 14.8. The van der Waals surface area contributed by atoms with Crippen molar-refractivity contribution < 1.29 is 14.3 Å². The first-order valence-electron chi connectivity index (χ1n) is 8.19. The summed E-state index contributed by atoms with van der Waals surface area (Å²) >= 11 is 1.50. The predicted molar refractivity (Wildman–Crippen MR) is 95.7 cm³/mol. The normalized spacial score (nSPS) is 17.0. The highest BCUT2D eigenvalue weighted by molar-refractivity contribution is 7.16. The van der Waals surface area contributed by atoms with E-state index in [4.69, 9.17) is 9.47 Å². The Balaban J connectivity index is 1.61. The molecule has 5 nitrogen and oxygen atoms in total. The van der Waals surface area contributed by atoms with Crippen molar-refractivity contribution in [3.05, 3.63) is 29.1 Å². The van der Waals surface area contributed by atoms with Gasteiger partial charge >= 0.3 is 0 Å². The van der Waals surface area contributed by atoms with E-state index in [0.29, 0.717) is 11.6 Å². The van der Waals surface area contributed by atoms with E-state index in [1.54, 1.807) is 7.11 Å². The number of nitrogens with one attached hydrogen (secondary N) is 1. The summed E-state index contributed by atoms with van der Waals surface area (Å²) in [5.74, 6) is 0.815. The summed E-state index contributed by atoms with van der Waals surface area (Å²) in [6.45, 7) is 2.84. The van der Waals surface area contributed by atoms with Crippen molar-refractivity contribution in [3.8, 4) is 17.0 Å². The Bertz CT molecular complexity index is 691. The van der Waals surface area contributed by atoms with Crippen molar-refractivity contribution in [2.45, 2.75) is 38.7 Å². The molecule has 0 spiro atoms. The first kappa shape index (κ1) is 16.9. The number of methoxy groups -OCH3 is 1. The standard InChI is InChI=1S/C18H22N2O3S/c1-12-17(13-5-7-14(22-2)8-6-13)20-18(24-12)19-16(21)10-9-15-4-3-11-23-15/h5-8,15H,3-4,9-11H2,1-2H3,(H,19,20,21). The molecule has 2 heterocycles. The van der Waals surface area contributed by atoms with Crippen LogP contribution in [0.5, 0.6) is 5.75 Å². The molecule has 1 unspecified atom stereocenters. The van der Waals surface area contributed by atoms with Crippen LogP contribution in [0.15, 0.2) is 24.3 Å². The Morgan fingerprint density at radius 1 is 1.42 bits per heavy atom. The number of aryl methyl sites for hydroxylation is 1. The van der Waals surface area contributed by atoms with E-state index in [1.165, 1.54) is 11.3 Å². The van der Waals surface area contributed by atoms with Gasteiger partial charge in [-0.1, -0.05) is 0 Å². The summed E-state index contributed by atoms with van der Waals surface area (Å²) in [7, 11) is 1.65. The Morgan fingerprint density at radius 3 is 2.88 bits per heavy atom. The van der Waals surface area contributed by atoms with Crippen LogP contribution in [0, 0.1) is 6.92 Å². The monoisotopic (exact) mass is 346 g/mol. The van der Waals surface area contributed by atoms with Crippen LogP contribution >= 0.6 is 11.3 Å². The number of nitrogens with zero attached hydrogens (tertiary/aromatic N) is 1. The SMILES string of the molecule is COc1ccc(-c2nc(NC(=O)CCC3CCCO3)sc2C)cc1. The molecule has 1 aromatic heterocycles. The van der Waals surface area contributed by atoms with Crippen LogP contribution < -0.4 is 10.1 Å². The predicted octanol–water partition coefficient (Wildman–Crippen LogP) is 4.02. The van der Waals surface area contributed by atoms with Crippen molar-refractivity contribution in [2.24, 2.45) is 0 Å². The lowest BCUT2D eigenvalue weighted by atomic mass is 10.1. The minimum absolute atomic E-state index is 0.000492. The first-order chi connectivity index (χ1) is 11.7. The second kappa shape index (κ2) is 7.77. The van der Waals surface area contributed by atoms with Gasteiger partial charge in [0.05, 0.1) is 18.9 Å². The third kappa shape index (κ3) is 4.13. The number of anilines is 1. The fourth-order valence-electron chi connectivity index (χ4n) is 2.81. The molecule has 1 aliphatic heterocycles. The molecule has 0 aliphatic carbocycles. The number of benzene rings is 1. The van der Waals surface area contributed by atoms with Crippen molar-refractivity contribution in [1.82, 2.24) is 4.98 Å². The van der Waals surface area contributed by atoms with Crippen molar-refractivity contribution in [3.63, 3.8) is 0 Å². The topological polar surface area (TPSA) is 60.5 Å². The molecule has 6 heteroatoms. The maximum Gasteiger partial charge on any atom is 0.226 e. The lowest BCUT2D eigenvalue weighted by molar-refractivity contribution is -0.116. The van der Waals surface area contributed by atoms with Crippen LogP contribution in [-0.2, 0) is 9.53 Å². The third-order valence-corrected chi connectivity index (χ3v) is 5.01. The van der Waals surface area contributed by atoms with E-state index in [0.717, 1.165) is 47.8 Å². The van der Waals surface area contributed by atoms with E-state index in [-0.39, 0.29) is 12.0 Å². The number of rotatable bonds is 6. The minimum atomic E-state index is 0.000492. The molecule has 1 N–H and O–H groups in total. The fourth-order valence-corrected chi connectivity index (χ4v) is 3.66. The number of ether oxygens (including phenoxy) is 2. The molecule has 1 saturated heterocycles. The maximum atomic E-state index is 12.1.